The number of nitrogens with one attached hydrogen (secondary N) is 1. The van der Waals surface area contributed by atoms with Crippen LogP contribution in [0.15, 0.2) is 0 Å². The summed E-state index contributed by atoms with van der Waals surface area (Å²) in [6.45, 7) is 4.72. The van der Waals surface area contributed by atoms with Crippen molar-refractivity contribution in [1.82, 2.24) is 9.62 Å². The van der Waals surface area contributed by atoms with Gasteiger partial charge in [-0.05, 0) is 32.9 Å². The van der Waals surface area contributed by atoms with Crippen molar-refractivity contribution in [3.63, 3.8) is 0 Å². The molecule has 1 saturated heterocycles. The lowest BCUT2D eigenvalue weighted by atomic mass is 10.3. The maximum atomic E-state index is 11.5. The lowest BCUT2D eigenvalue weighted by molar-refractivity contribution is 0.313. The van der Waals surface area contributed by atoms with Crippen LogP contribution in [0, 0.1) is 0 Å². The van der Waals surface area contributed by atoms with Gasteiger partial charge in [0.2, 0.25) is 10.0 Å². The number of hydrogen-bond acceptors (Lipinski definition) is 4. The molecule has 0 saturated carbocycles. The minimum Gasteiger partial charge on any atom is -0.392 e. The average Bonchev–Trinajstić information content (AvgIpc) is 2.51. The van der Waals surface area contributed by atoms with Gasteiger partial charge in [-0.1, -0.05) is 12.2 Å². The number of sulfonamides is 1. The van der Waals surface area contributed by atoms with Crippen molar-refractivity contribution in [2.24, 2.45) is 5.73 Å². The molecule has 0 aromatic rings. The van der Waals surface area contributed by atoms with Crippen molar-refractivity contribution in [2.45, 2.75) is 25.8 Å². The molecule has 16 heavy (non-hydrogen) atoms. The summed E-state index contributed by atoms with van der Waals surface area (Å²) in [5.74, 6) is -0.271. The third-order valence-corrected chi connectivity index (χ3v) is 4.22. The molecule has 0 aromatic carbocycles. The van der Waals surface area contributed by atoms with Gasteiger partial charge in [0.25, 0.3) is 0 Å². The summed E-state index contributed by atoms with van der Waals surface area (Å²) < 4.78 is 25.6. The largest absolute Gasteiger partial charge is 0.392 e. The molecule has 7 heteroatoms. The third-order valence-electron chi connectivity index (χ3n) is 2.44. The van der Waals surface area contributed by atoms with Crippen molar-refractivity contribution in [3.05, 3.63) is 0 Å². The predicted molar refractivity (Wildman–Crippen MR) is 68.8 cm³/mol. The molecule has 0 radical (unpaired) electrons. The highest BCUT2D eigenvalue weighted by atomic mass is 32.2. The second kappa shape index (κ2) is 5.90. The summed E-state index contributed by atoms with van der Waals surface area (Å²) in [6, 6.07) is -0.0996. The Morgan fingerprint density at radius 1 is 1.50 bits per heavy atom. The molecule has 1 atom stereocenters. The highest BCUT2D eigenvalue weighted by molar-refractivity contribution is 7.92. The second-order valence-electron chi connectivity index (χ2n) is 4.25. The molecule has 0 amide bonds. The topological polar surface area (TPSA) is 75.4 Å². The SMILES string of the molecule is CC(CN1CCCC1)NS(=O)(=O)CC(N)=S. The number of hydrogen-bond donors (Lipinski definition) is 2. The summed E-state index contributed by atoms with van der Waals surface area (Å²) >= 11 is 4.59. The zero-order valence-electron chi connectivity index (χ0n) is 9.48. The lowest BCUT2D eigenvalue weighted by Crippen LogP contribution is -2.43. The molecular formula is C9H19N3O2S2. The molecule has 1 fully saturated rings. The summed E-state index contributed by atoms with van der Waals surface area (Å²) in [6.07, 6.45) is 2.40. The molecule has 0 spiro atoms. The fourth-order valence-electron chi connectivity index (χ4n) is 1.93. The fourth-order valence-corrected chi connectivity index (χ4v) is 3.54. The van der Waals surface area contributed by atoms with E-state index in [4.69, 9.17) is 5.73 Å². The monoisotopic (exact) mass is 265 g/mol. The van der Waals surface area contributed by atoms with E-state index in [9.17, 15) is 8.42 Å². The Balaban J connectivity index is 2.37. The number of likely N-dealkylation sites (tertiary alicyclic amines) is 1. The van der Waals surface area contributed by atoms with Crippen LogP contribution in [0.5, 0.6) is 0 Å². The average molecular weight is 265 g/mol. The van der Waals surface area contributed by atoms with E-state index in [1.165, 1.54) is 12.8 Å². The van der Waals surface area contributed by atoms with E-state index >= 15 is 0 Å². The first kappa shape index (κ1) is 13.8. The second-order valence-corrected chi connectivity index (χ2v) is 6.53. The number of thiocarbonyl (C=S) groups is 1. The highest BCUT2D eigenvalue weighted by Gasteiger charge is 2.19. The maximum absolute atomic E-state index is 11.5. The Bertz CT molecular complexity index is 337. The zero-order chi connectivity index (χ0) is 12.2. The first-order valence-corrected chi connectivity index (χ1v) is 7.46. The van der Waals surface area contributed by atoms with Crippen LogP contribution in [0.3, 0.4) is 0 Å². The Hall–Kier alpha value is -0.240. The molecule has 5 nitrogen and oxygen atoms in total. The first-order chi connectivity index (χ1) is 7.39. The van der Waals surface area contributed by atoms with Gasteiger partial charge in [-0.25, -0.2) is 13.1 Å². The third kappa shape index (κ3) is 5.20. The van der Waals surface area contributed by atoms with Gasteiger partial charge in [0, 0.05) is 12.6 Å². The number of nitrogens with two attached hydrogens (primary N) is 1. The van der Waals surface area contributed by atoms with Gasteiger partial charge in [0.1, 0.15) is 5.75 Å². The molecule has 1 aliphatic rings. The van der Waals surface area contributed by atoms with Crippen molar-refractivity contribution in [3.8, 4) is 0 Å². The summed E-state index contributed by atoms with van der Waals surface area (Å²) in [7, 11) is -3.36. The molecule has 0 aliphatic carbocycles. The van der Waals surface area contributed by atoms with Crippen LogP contribution in [-0.4, -0.2) is 49.7 Å². The molecule has 3 N–H and O–H groups in total. The lowest BCUT2D eigenvalue weighted by Gasteiger charge is -2.20. The van der Waals surface area contributed by atoms with Gasteiger partial charge in [-0.3, -0.25) is 0 Å². The minimum atomic E-state index is -3.36. The van der Waals surface area contributed by atoms with Gasteiger partial charge in [-0.2, -0.15) is 0 Å². The molecule has 0 bridgehead atoms. The first-order valence-electron chi connectivity index (χ1n) is 5.40. The molecule has 1 unspecified atom stereocenters. The smallest absolute Gasteiger partial charge is 0.218 e. The van der Waals surface area contributed by atoms with Crippen molar-refractivity contribution in [1.29, 1.82) is 0 Å². The van der Waals surface area contributed by atoms with Gasteiger partial charge in [0.15, 0.2) is 0 Å². The fraction of sp³-hybridized carbons (Fsp3) is 0.889. The van der Waals surface area contributed by atoms with Gasteiger partial charge < -0.3 is 10.6 Å². The Morgan fingerprint density at radius 2 is 2.06 bits per heavy atom. The van der Waals surface area contributed by atoms with Gasteiger partial charge >= 0.3 is 0 Å². The van der Waals surface area contributed by atoms with E-state index in [1.54, 1.807) is 0 Å². The van der Waals surface area contributed by atoms with Crippen molar-refractivity contribution >= 4 is 27.2 Å². The van der Waals surface area contributed by atoms with E-state index in [0.717, 1.165) is 19.6 Å². The van der Waals surface area contributed by atoms with E-state index in [0.29, 0.717) is 0 Å². The summed E-state index contributed by atoms with van der Waals surface area (Å²) in [5.41, 5.74) is 5.22. The normalized spacial score (nSPS) is 19.8. The van der Waals surface area contributed by atoms with Gasteiger partial charge in [0.05, 0.1) is 4.99 Å². The molecule has 1 heterocycles. The van der Waals surface area contributed by atoms with Crippen LogP contribution in [-0.2, 0) is 10.0 Å². The standard InChI is InChI=1S/C9H19N3O2S2/c1-8(6-12-4-2-3-5-12)11-16(13,14)7-9(10)15/h8,11H,2-7H2,1H3,(H2,10,15). The van der Waals surface area contributed by atoms with Crippen LogP contribution in [0.4, 0.5) is 0 Å². The zero-order valence-corrected chi connectivity index (χ0v) is 11.1. The Labute approximate surface area is 102 Å². The van der Waals surface area contributed by atoms with E-state index < -0.39 is 10.0 Å². The number of nitrogens with zero attached hydrogens (tertiary/aromatic N) is 1. The summed E-state index contributed by atoms with van der Waals surface area (Å²) in [4.78, 5) is 2.26. The molecular weight excluding hydrogens is 246 g/mol. The van der Waals surface area contributed by atoms with E-state index in [-0.39, 0.29) is 16.8 Å². The Morgan fingerprint density at radius 3 is 2.56 bits per heavy atom. The van der Waals surface area contributed by atoms with Crippen LogP contribution in [0.2, 0.25) is 0 Å². The van der Waals surface area contributed by atoms with E-state index in [1.807, 2.05) is 6.92 Å². The van der Waals surface area contributed by atoms with Crippen LogP contribution < -0.4 is 10.5 Å². The molecule has 1 aliphatic heterocycles. The molecule has 0 aromatic heterocycles. The Kier molecular flexibility index (Phi) is 5.10. The summed E-state index contributed by atoms with van der Waals surface area (Å²) in [5, 5.41) is 0. The van der Waals surface area contributed by atoms with E-state index in [2.05, 4.69) is 21.8 Å². The van der Waals surface area contributed by atoms with Crippen molar-refractivity contribution in [2.75, 3.05) is 25.4 Å². The quantitative estimate of drug-likeness (QED) is 0.644. The van der Waals surface area contributed by atoms with Crippen LogP contribution in [0.1, 0.15) is 19.8 Å². The van der Waals surface area contributed by atoms with Gasteiger partial charge in [-0.15, -0.1) is 0 Å². The molecule has 94 valence electrons. The predicted octanol–water partition coefficient (Wildman–Crippen LogP) is -0.324. The highest BCUT2D eigenvalue weighted by Crippen LogP contribution is 2.07. The minimum absolute atomic E-state index is 0.000808. The maximum Gasteiger partial charge on any atom is 0.218 e. The van der Waals surface area contributed by atoms with Crippen molar-refractivity contribution < 1.29 is 8.42 Å². The molecule has 1 rings (SSSR count). The number of rotatable bonds is 6. The van der Waals surface area contributed by atoms with Crippen LogP contribution >= 0.6 is 12.2 Å². The van der Waals surface area contributed by atoms with Crippen LogP contribution in [0.25, 0.3) is 0 Å².